The van der Waals surface area contributed by atoms with Crippen LogP contribution in [0.1, 0.15) is 20.7 Å². The number of aromatic carboxylic acids is 2. The molecule has 0 fully saturated rings. The largest absolute Gasteiger partial charge is 0.478 e. The third-order valence-corrected chi connectivity index (χ3v) is 1.97. The maximum Gasteiger partial charge on any atom is 0.456 e. The summed E-state index contributed by atoms with van der Waals surface area (Å²) >= 11 is 0. The van der Waals surface area contributed by atoms with E-state index in [0.717, 1.165) is 0 Å². The van der Waals surface area contributed by atoms with E-state index in [1.54, 1.807) is 0 Å². The summed E-state index contributed by atoms with van der Waals surface area (Å²) in [6.45, 7) is -2.70. The Morgan fingerprint density at radius 2 is 1.24 bits per heavy atom. The molecule has 0 aromatic heterocycles. The molecule has 0 aliphatic heterocycles. The lowest BCUT2D eigenvalue weighted by molar-refractivity contribution is -0.286. The maximum absolute atomic E-state index is 11.2. The van der Waals surface area contributed by atoms with Gasteiger partial charge in [-0.1, -0.05) is 12.1 Å². The topological polar surface area (TPSA) is 74.6 Å². The summed E-state index contributed by atoms with van der Waals surface area (Å²) in [6.07, 6.45) is -5.76. The molecule has 1 aromatic rings. The van der Waals surface area contributed by atoms with Gasteiger partial charge in [-0.05, 0) is 12.1 Å². The Balaban J connectivity index is 0.000000400. The summed E-state index contributed by atoms with van der Waals surface area (Å²) in [7, 11) is 0. The molecule has 0 atom stereocenters. The van der Waals surface area contributed by atoms with Gasteiger partial charge in [-0.2, -0.15) is 22.0 Å². The number of carboxylic acids is 2. The van der Waals surface area contributed by atoms with Gasteiger partial charge in [-0.15, -0.1) is 0 Å². The van der Waals surface area contributed by atoms with Gasteiger partial charge in [0.1, 0.15) is 0 Å². The summed E-state index contributed by atoms with van der Waals surface area (Å²) in [5.41, 5.74) is -0.380. The number of carbonyl (C=O) groups is 2. The van der Waals surface area contributed by atoms with Gasteiger partial charge in [0.25, 0.3) is 0 Å². The van der Waals surface area contributed by atoms with Crippen molar-refractivity contribution in [2.45, 2.75) is 12.1 Å². The fourth-order valence-electron chi connectivity index (χ4n) is 0.932. The summed E-state index contributed by atoms with van der Waals surface area (Å²) in [4.78, 5) is 20.9. The second kappa shape index (κ2) is 6.95. The molecule has 1 aromatic carbocycles. The van der Waals surface area contributed by atoms with E-state index in [4.69, 9.17) is 10.2 Å². The normalized spacial score (nSPS) is 11.3. The third-order valence-electron chi connectivity index (χ3n) is 1.97. The molecule has 21 heavy (non-hydrogen) atoms. The Morgan fingerprint density at radius 1 is 0.905 bits per heavy atom. The molecule has 1 rings (SSSR count). The van der Waals surface area contributed by atoms with Crippen LogP contribution < -0.4 is 0 Å². The molecule has 0 spiro atoms. The van der Waals surface area contributed by atoms with Crippen LogP contribution in [-0.2, 0) is 0 Å². The SMILES string of the molecule is FCC(F)(F)C(F)(F)F.O=C(O)c1ccccc1C(=O)O. The summed E-state index contributed by atoms with van der Waals surface area (Å²) in [6, 6.07) is 5.48. The molecular weight excluding hydrogens is 310 g/mol. The van der Waals surface area contributed by atoms with Crippen LogP contribution in [0.25, 0.3) is 0 Å². The Labute approximate surface area is 113 Å². The van der Waals surface area contributed by atoms with Crippen LogP contribution >= 0.6 is 0 Å². The second-order valence-electron chi connectivity index (χ2n) is 3.49. The predicted molar refractivity (Wildman–Crippen MR) is 57.3 cm³/mol. The van der Waals surface area contributed by atoms with Gasteiger partial charge in [-0.25, -0.2) is 14.0 Å². The van der Waals surface area contributed by atoms with Gasteiger partial charge in [0, 0.05) is 0 Å². The quantitative estimate of drug-likeness (QED) is 0.839. The highest BCUT2D eigenvalue weighted by molar-refractivity contribution is 6.01. The Bertz CT molecular complexity index is 479. The number of alkyl halides is 6. The van der Waals surface area contributed by atoms with Crippen molar-refractivity contribution in [3.05, 3.63) is 35.4 Å². The average molecular weight is 318 g/mol. The number of rotatable bonds is 3. The van der Waals surface area contributed by atoms with Gasteiger partial charge in [0.2, 0.25) is 0 Å². The molecular formula is C11H8F6O4. The zero-order chi connectivity index (χ0) is 16.8. The standard InChI is InChI=1S/C8H6O4.C3H2F6/c9-7(10)5-3-1-2-4-6(5)8(11)12;4-1-2(5,6)3(7,8)9/h1-4H,(H,9,10)(H,11,12);1H2. The summed E-state index contributed by atoms with van der Waals surface area (Å²) < 4.78 is 65.6. The van der Waals surface area contributed by atoms with Crippen LogP contribution in [0, 0.1) is 0 Å². The van der Waals surface area contributed by atoms with E-state index >= 15 is 0 Å². The van der Waals surface area contributed by atoms with Crippen molar-refractivity contribution < 1.29 is 46.1 Å². The highest BCUT2D eigenvalue weighted by Gasteiger charge is 2.57. The maximum atomic E-state index is 11.2. The highest BCUT2D eigenvalue weighted by Crippen LogP contribution is 2.35. The van der Waals surface area contributed by atoms with Gasteiger partial charge >= 0.3 is 24.0 Å². The Hall–Kier alpha value is -2.26. The highest BCUT2D eigenvalue weighted by atomic mass is 19.4. The minimum Gasteiger partial charge on any atom is -0.478 e. The number of hydrogen-bond donors (Lipinski definition) is 2. The van der Waals surface area contributed by atoms with Crippen molar-refractivity contribution in [2.24, 2.45) is 0 Å². The predicted octanol–water partition coefficient (Wildman–Crippen LogP) is 3.24. The first-order valence-corrected chi connectivity index (χ1v) is 5.00. The van der Waals surface area contributed by atoms with E-state index in [-0.39, 0.29) is 11.1 Å². The molecule has 0 heterocycles. The van der Waals surface area contributed by atoms with Crippen molar-refractivity contribution in [1.82, 2.24) is 0 Å². The van der Waals surface area contributed by atoms with E-state index in [2.05, 4.69) is 0 Å². The number of benzene rings is 1. The number of halogens is 6. The van der Waals surface area contributed by atoms with Gasteiger partial charge in [0.05, 0.1) is 11.1 Å². The molecule has 10 heteroatoms. The molecule has 0 amide bonds. The van der Waals surface area contributed by atoms with Crippen molar-refractivity contribution in [3.63, 3.8) is 0 Å². The van der Waals surface area contributed by atoms with Crippen LogP contribution in [0.3, 0.4) is 0 Å². The van der Waals surface area contributed by atoms with Crippen LogP contribution in [0.5, 0.6) is 0 Å². The minimum absolute atomic E-state index is 0.190. The zero-order valence-corrected chi connectivity index (χ0v) is 10.00. The molecule has 0 aliphatic rings. The smallest absolute Gasteiger partial charge is 0.456 e. The summed E-state index contributed by atoms with van der Waals surface area (Å²) in [5, 5.41) is 17.1. The van der Waals surface area contributed by atoms with E-state index in [1.165, 1.54) is 24.3 Å². The third kappa shape index (κ3) is 5.32. The lowest BCUT2D eigenvalue weighted by Gasteiger charge is -2.14. The van der Waals surface area contributed by atoms with Crippen LogP contribution in [0.4, 0.5) is 26.3 Å². The Morgan fingerprint density at radius 3 is 1.38 bits per heavy atom. The number of hydrogen-bond acceptors (Lipinski definition) is 2. The first kappa shape index (κ1) is 18.7. The summed E-state index contributed by atoms with van der Waals surface area (Å²) in [5.74, 6) is -7.64. The zero-order valence-electron chi connectivity index (χ0n) is 10.00. The van der Waals surface area contributed by atoms with Crippen LogP contribution in [-0.4, -0.2) is 40.9 Å². The van der Waals surface area contributed by atoms with Crippen LogP contribution in [0.2, 0.25) is 0 Å². The van der Waals surface area contributed by atoms with Gasteiger partial charge in [0.15, 0.2) is 6.67 Å². The van der Waals surface area contributed by atoms with Gasteiger partial charge in [-0.3, -0.25) is 0 Å². The van der Waals surface area contributed by atoms with E-state index < -0.39 is 30.7 Å². The lowest BCUT2D eigenvalue weighted by Crippen LogP contribution is -2.38. The number of carboxylic acid groups (broad SMARTS) is 2. The molecule has 2 N–H and O–H groups in total. The molecule has 0 bridgehead atoms. The Kier molecular flexibility index (Phi) is 6.20. The fraction of sp³-hybridized carbons (Fsp3) is 0.273. The van der Waals surface area contributed by atoms with Crippen molar-refractivity contribution >= 4 is 11.9 Å². The van der Waals surface area contributed by atoms with E-state index in [1.807, 2.05) is 0 Å². The van der Waals surface area contributed by atoms with Crippen LogP contribution in [0.15, 0.2) is 24.3 Å². The first-order valence-electron chi connectivity index (χ1n) is 5.00. The average Bonchev–Trinajstić information content (AvgIpc) is 2.38. The van der Waals surface area contributed by atoms with Crippen molar-refractivity contribution in [2.75, 3.05) is 6.67 Å². The molecule has 0 saturated heterocycles. The molecule has 118 valence electrons. The second-order valence-corrected chi connectivity index (χ2v) is 3.49. The molecule has 0 saturated carbocycles. The van der Waals surface area contributed by atoms with E-state index in [9.17, 15) is 35.9 Å². The lowest BCUT2D eigenvalue weighted by atomic mass is 10.1. The fourth-order valence-corrected chi connectivity index (χ4v) is 0.932. The molecule has 0 aliphatic carbocycles. The van der Waals surface area contributed by atoms with Crippen molar-refractivity contribution in [1.29, 1.82) is 0 Å². The van der Waals surface area contributed by atoms with Crippen molar-refractivity contribution in [3.8, 4) is 0 Å². The minimum atomic E-state index is -5.76. The monoisotopic (exact) mass is 318 g/mol. The van der Waals surface area contributed by atoms with E-state index in [0.29, 0.717) is 0 Å². The first-order chi connectivity index (χ1) is 9.44. The molecule has 0 unspecified atom stereocenters. The molecule has 0 radical (unpaired) electrons. The molecule has 4 nitrogen and oxygen atoms in total. The van der Waals surface area contributed by atoms with Gasteiger partial charge < -0.3 is 10.2 Å².